The zero-order valence-corrected chi connectivity index (χ0v) is 14.0. The summed E-state index contributed by atoms with van der Waals surface area (Å²) in [6.07, 6.45) is -7.60. The maximum atomic E-state index is 12.4. The van der Waals surface area contributed by atoms with Gasteiger partial charge in [0.15, 0.2) is 0 Å². The number of carboxylic acids is 1. The highest BCUT2D eigenvalue weighted by molar-refractivity contribution is 5.81. The largest absolute Gasteiger partial charge is 0.480 e. The number of amides is 1. The van der Waals surface area contributed by atoms with E-state index in [1.807, 2.05) is 48.5 Å². The van der Waals surface area contributed by atoms with E-state index in [4.69, 9.17) is 9.84 Å². The van der Waals surface area contributed by atoms with Crippen molar-refractivity contribution in [3.8, 4) is 11.1 Å². The van der Waals surface area contributed by atoms with Crippen LogP contribution in [-0.4, -0.2) is 36.0 Å². The van der Waals surface area contributed by atoms with Crippen molar-refractivity contribution in [2.24, 2.45) is 0 Å². The van der Waals surface area contributed by atoms with Crippen molar-refractivity contribution < 1.29 is 32.6 Å². The number of alkyl carbamates (subject to hydrolysis) is 1. The van der Waals surface area contributed by atoms with Crippen molar-refractivity contribution in [2.45, 2.75) is 24.6 Å². The molecule has 0 fully saturated rings. The first-order chi connectivity index (χ1) is 12.8. The predicted octanol–water partition coefficient (Wildman–Crippen LogP) is 3.93. The summed E-state index contributed by atoms with van der Waals surface area (Å²) in [4.78, 5) is 22.8. The average Bonchev–Trinajstić information content (AvgIpc) is 2.92. The summed E-state index contributed by atoms with van der Waals surface area (Å²) in [6.45, 7) is -0.113. The van der Waals surface area contributed by atoms with Gasteiger partial charge in [0.25, 0.3) is 0 Å². The van der Waals surface area contributed by atoms with Gasteiger partial charge in [0.1, 0.15) is 12.6 Å². The molecule has 2 N–H and O–H groups in total. The van der Waals surface area contributed by atoms with Gasteiger partial charge in [-0.2, -0.15) is 13.2 Å². The summed E-state index contributed by atoms with van der Waals surface area (Å²) in [6, 6.07) is 13.1. The fourth-order valence-electron chi connectivity index (χ4n) is 3.21. The number of rotatable bonds is 5. The molecule has 0 aromatic heterocycles. The molecule has 27 heavy (non-hydrogen) atoms. The van der Waals surface area contributed by atoms with Gasteiger partial charge in [-0.1, -0.05) is 48.5 Å². The Morgan fingerprint density at radius 1 is 1.04 bits per heavy atom. The molecule has 2 aromatic rings. The van der Waals surface area contributed by atoms with Gasteiger partial charge >= 0.3 is 18.2 Å². The lowest BCUT2D eigenvalue weighted by Gasteiger charge is -2.18. The molecule has 0 heterocycles. The smallest absolute Gasteiger partial charge is 0.407 e. The van der Waals surface area contributed by atoms with E-state index < -0.39 is 30.7 Å². The normalized spacial score (nSPS) is 14.2. The molecule has 0 bridgehead atoms. The second kappa shape index (κ2) is 7.30. The van der Waals surface area contributed by atoms with E-state index in [9.17, 15) is 22.8 Å². The minimum Gasteiger partial charge on any atom is -0.480 e. The molecule has 1 atom stereocenters. The lowest BCUT2D eigenvalue weighted by atomic mass is 9.98. The first-order valence-electron chi connectivity index (χ1n) is 8.17. The summed E-state index contributed by atoms with van der Waals surface area (Å²) in [5, 5.41) is 10.6. The van der Waals surface area contributed by atoms with E-state index in [0.717, 1.165) is 22.3 Å². The fourth-order valence-corrected chi connectivity index (χ4v) is 3.21. The van der Waals surface area contributed by atoms with Crippen LogP contribution in [0.4, 0.5) is 18.0 Å². The third kappa shape index (κ3) is 4.21. The quantitative estimate of drug-likeness (QED) is 0.825. The minimum absolute atomic E-state index is 0.113. The Morgan fingerprint density at radius 3 is 2.04 bits per heavy atom. The topological polar surface area (TPSA) is 75.6 Å². The number of carbonyl (C=O) groups excluding carboxylic acids is 1. The number of nitrogens with one attached hydrogen (secondary N) is 1. The summed E-state index contributed by atoms with van der Waals surface area (Å²) >= 11 is 0. The van der Waals surface area contributed by atoms with Gasteiger partial charge in [0, 0.05) is 5.92 Å². The average molecular weight is 379 g/mol. The number of ether oxygens (including phenoxy) is 1. The molecule has 2 aromatic carbocycles. The van der Waals surface area contributed by atoms with Crippen LogP contribution in [0.1, 0.15) is 23.5 Å². The van der Waals surface area contributed by atoms with Crippen molar-refractivity contribution >= 4 is 12.1 Å². The van der Waals surface area contributed by atoms with Crippen LogP contribution >= 0.6 is 0 Å². The highest BCUT2D eigenvalue weighted by Gasteiger charge is 2.37. The first kappa shape index (κ1) is 18.8. The van der Waals surface area contributed by atoms with Crippen LogP contribution < -0.4 is 5.32 Å². The number of carbonyl (C=O) groups is 2. The van der Waals surface area contributed by atoms with Gasteiger partial charge in [0.2, 0.25) is 0 Å². The van der Waals surface area contributed by atoms with Crippen molar-refractivity contribution in [1.29, 1.82) is 0 Å². The van der Waals surface area contributed by atoms with Crippen LogP contribution in [0.5, 0.6) is 0 Å². The number of hydrogen-bond donors (Lipinski definition) is 2. The third-order valence-electron chi connectivity index (χ3n) is 4.37. The molecule has 8 heteroatoms. The summed E-state index contributed by atoms with van der Waals surface area (Å²) in [7, 11) is 0. The Morgan fingerprint density at radius 2 is 1.56 bits per heavy atom. The SMILES string of the molecule is O=C(NC(CC(F)(F)F)C(=O)O)OCC1c2ccccc2-c2ccccc21. The van der Waals surface area contributed by atoms with Gasteiger partial charge < -0.3 is 15.2 Å². The van der Waals surface area contributed by atoms with Gasteiger partial charge in [-0.05, 0) is 22.3 Å². The molecule has 142 valence electrons. The third-order valence-corrected chi connectivity index (χ3v) is 4.37. The fraction of sp³-hybridized carbons (Fsp3) is 0.263. The van der Waals surface area contributed by atoms with E-state index >= 15 is 0 Å². The molecule has 0 saturated carbocycles. The zero-order valence-electron chi connectivity index (χ0n) is 14.0. The molecule has 3 rings (SSSR count). The highest BCUT2D eigenvalue weighted by Crippen LogP contribution is 2.44. The van der Waals surface area contributed by atoms with E-state index in [0.29, 0.717) is 0 Å². The monoisotopic (exact) mass is 379 g/mol. The van der Waals surface area contributed by atoms with E-state index in [1.54, 1.807) is 5.32 Å². The zero-order chi connectivity index (χ0) is 19.6. The molecule has 0 saturated heterocycles. The summed E-state index contributed by atoms with van der Waals surface area (Å²) in [5.41, 5.74) is 3.89. The van der Waals surface area contributed by atoms with Crippen molar-refractivity contribution in [1.82, 2.24) is 5.32 Å². The molecule has 0 spiro atoms. The molecule has 0 aliphatic heterocycles. The standard InChI is InChI=1S/C19H16F3NO4/c20-19(21,22)9-16(17(24)25)23-18(26)27-10-15-13-7-3-1-5-11(13)12-6-2-4-8-14(12)15/h1-8,15-16H,9-10H2,(H,23,26)(H,24,25). The molecule has 0 radical (unpaired) electrons. The number of benzene rings is 2. The molecule has 1 aliphatic carbocycles. The van der Waals surface area contributed by atoms with Gasteiger partial charge in [-0.3, -0.25) is 0 Å². The Hall–Kier alpha value is -3.03. The van der Waals surface area contributed by atoms with Crippen molar-refractivity contribution in [3.63, 3.8) is 0 Å². The number of hydrogen-bond acceptors (Lipinski definition) is 3. The van der Waals surface area contributed by atoms with Crippen LogP contribution in [0, 0.1) is 0 Å². The lowest BCUT2D eigenvalue weighted by molar-refractivity contribution is -0.158. The second-order valence-corrected chi connectivity index (χ2v) is 6.18. The molecule has 1 amide bonds. The maximum absolute atomic E-state index is 12.4. The number of halogens is 3. The van der Waals surface area contributed by atoms with E-state index in [2.05, 4.69) is 0 Å². The Labute approximate surface area is 152 Å². The molecular formula is C19H16F3NO4. The number of alkyl halides is 3. The van der Waals surface area contributed by atoms with Gasteiger partial charge in [-0.15, -0.1) is 0 Å². The van der Waals surface area contributed by atoms with Gasteiger partial charge in [-0.25, -0.2) is 9.59 Å². The maximum Gasteiger partial charge on any atom is 0.407 e. The van der Waals surface area contributed by atoms with Crippen LogP contribution in [0.2, 0.25) is 0 Å². The minimum atomic E-state index is -4.72. The van der Waals surface area contributed by atoms with Crippen LogP contribution in [0.25, 0.3) is 11.1 Å². The van der Waals surface area contributed by atoms with Crippen LogP contribution in [0.15, 0.2) is 48.5 Å². The van der Waals surface area contributed by atoms with Crippen molar-refractivity contribution in [3.05, 3.63) is 59.7 Å². The summed E-state index contributed by atoms with van der Waals surface area (Å²) < 4.78 is 42.3. The number of aliphatic carboxylic acids is 1. The van der Waals surface area contributed by atoms with Crippen LogP contribution in [-0.2, 0) is 9.53 Å². The molecular weight excluding hydrogens is 363 g/mol. The predicted molar refractivity (Wildman–Crippen MR) is 90.3 cm³/mol. The molecule has 5 nitrogen and oxygen atoms in total. The Balaban J connectivity index is 1.69. The highest BCUT2D eigenvalue weighted by atomic mass is 19.4. The van der Waals surface area contributed by atoms with Crippen LogP contribution in [0.3, 0.4) is 0 Å². The molecule has 1 unspecified atom stereocenters. The molecule has 1 aliphatic rings. The first-order valence-corrected chi connectivity index (χ1v) is 8.17. The number of fused-ring (bicyclic) bond motifs is 3. The van der Waals surface area contributed by atoms with E-state index in [-0.39, 0.29) is 12.5 Å². The number of carboxylic acid groups (broad SMARTS) is 1. The Kier molecular flexibility index (Phi) is 5.07. The summed E-state index contributed by atoms with van der Waals surface area (Å²) in [5.74, 6) is -2.05. The van der Waals surface area contributed by atoms with E-state index in [1.165, 1.54) is 0 Å². The lowest BCUT2D eigenvalue weighted by Crippen LogP contribution is -2.44. The van der Waals surface area contributed by atoms with Crippen molar-refractivity contribution in [2.75, 3.05) is 6.61 Å². The Bertz CT molecular complexity index is 821. The van der Waals surface area contributed by atoms with Gasteiger partial charge in [0.05, 0.1) is 6.42 Å². The second-order valence-electron chi connectivity index (χ2n) is 6.18.